The van der Waals surface area contributed by atoms with E-state index in [0.29, 0.717) is 37.6 Å². The molecule has 2 aromatic rings. The molecule has 2 aliphatic heterocycles. The van der Waals surface area contributed by atoms with Crippen LogP contribution in [0.25, 0.3) is 0 Å². The normalized spacial score (nSPS) is 36.2. The molecule has 4 fully saturated rings. The highest BCUT2D eigenvalue weighted by Crippen LogP contribution is 2.68. The van der Waals surface area contributed by atoms with Gasteiger partial charge in [-0.2, -0.15) is 16.8 Å². The lowest BCUT2D eigenvalue weighted by atomic mass is 9.43. The Hall–Kier alpha value is -2.22. The monoisotopic (exact) mass is 678 g/mol. The van der Waals surface area contributed by atoms with E-state index in [2.05, 4.69) is 13.8 Å². The third-order valence-electron chi connectivity index (χ3n) is 11.8. The van der Waals surface area contributed by atoms with Gasteiger partial charge in [-0.1, -0.05) is 20.8 Å². The Bertz CT molecular complexity index is 1620. The summed E-state index contributed by atoms with van der Waals surface area (Å²) in [4.78, 5) is 0.00151. The minimum Gasteiger partial charge on any atom is -0.497 e. The summed E-state index contributed by atoms with van der Waals surface area (Å²) in [5.41, 5.74) is -2.15. The first-order chi connectivity index (χ1) is 21.7. The van der Waals surface area contributed by atoms with Gasteiger partial charge in [-0.25, -0.2) is 0 Å². The van der Waals surface area contributed by atoms with E-state index < -0.39 is 37.4 Å². The summed E-state index contributed by atoms with van der Waals surface area (Å²) in [7, 11) is -5.37. The minimum absolute atomic E-state index is 0.00479. The summed E-state index contributed by atoms with van der Waals surface area (Å²) in [6.45, 7) is 7.46. The third-order valence-corrected chi connectivity index (χ3v) is 14.4. The number of benzene rings is 2. The molecule has 2 spiro atoms. The Morgan fingerprint density at radius 3 is 1.96 bits per heavy atom. The maximum atomic E-state index is 13.7. The number of hydrogen-bond donors (Lipinski definition) is 0. The van der Waals surface area contributed by atoms with Crippen molar-refractivity contribution in [3.8, 4) is 11.5 Å². The number of rotatable bonds is 9. The first-order valence-corrected chi connectivity index (χ1v) is 18.9. The summed E-state index contributed by atoms with van der Waals surface area (Å²) in [6, 6.07) is 12.1. The first kappa shape index (κ1) is 33.7. The average Bonchev–Trinajstić information content (AvgIpc) is 3.68. The molecule has 254 valence electrons. The zero-order chi connectivity index (χ0) is 33.0. The van der Waals surface area contributed by atoms with E-state index in [9.17, 15) is 16.8 Å². The topological polar surface area (TPSA) is 124 Å². The molecule has 2 unspecified atom stereocenters. The van der Waals surface area contributed by atoms with Crippen LogP contribution in [-0.2, 0) is 38.1 Å². The number of methoxy groups -OCH3 is 2. The first-order valence-electron chi connectivity index (χ1n) is 16.1. The van der Waals surface area contributed by atoms with Gasteiger partial charge in [0, 0.05) is 23.9 Å². The molecule has 6 rings (SSSR count). The quantitative estimate of drug-likeness (QED) is 0.303. The predicted octanol–water partition coefficient (Wildman–Crippen LogP) is 5.74. The molecule has 2 heterocycles. The Kier molecular flexibility index (Phi) is 8.81. The summed E-state index contributed by atoms with van der Waals surface area (Å²) in [5.74, 6) is 1.17. The Morgan fingerprint density at radius 2 is 1.39 bits per heavy atom. The fourth-order valence-corrected chi connectivity index (χ4v) is 11.3. The van der Waals surface area contributed by atoms with Crippen LogP contribution in [0.4, 0.5) is 0 Å². The highest BCUT2D eigenvalue weighted by atomic mass is 32.2. The molecule has 2 saturated carbocycles. The van der Waals surface area contributed by atoms with Crippen LogP contribution < -0.4 is 9.47 Å². The van der Waals surface area contributed by atoms with Gasteiger partial charge in [0.1, 0.15) is 11.5 Å². The van der Waals surface area contributed by atoms with E-state index in [4.69, 9.17) is 27.3 Å². The molecular weight excluding hydrogens is 632 g/mol. The van der Waals surface area contributed by atoms with E-state index in [1.54, 1.807) is 24.3 Å². The van der Waals surface area contributed by atoms with Crippen molar-refractivity contribution in [1.29, 1.82) is 0 Å². The van der Waals surface area contributed by atoms with Crippen LogP contribution in [-0.4, -0.2) is 68.2 Å². The molecule has 2 aromatic carbocycles. The smallest absolute Gasteiger partial charge is 0.297 e. The molecule has 7 atom stereocenters. The fraction of sp³-hybridized carbons (Fsp3) is 0.647. The summed E-state index contributed by atoms with van der Waals surface area (Å²) >= 11 is 0. The fourth-order valence-electron chi connectivity index (χ4n) is 9.09. The number of hydrogen-bond acceptors (Lipinski definition) is 10. The van der Waals surface area contributed by atoms with Gasteiger partial charge >= 0.3 is 0 Å². The largest absolute Gasteiger partial charge is 0.497 e. The second-order valence-electron chi connectivity index (χ2n) is 14.1. The van der Waals surface area contributed by atoms with E-state index >= 15 is 0 Å². The molecule has 2 saturated heterocycles. The van der Waals surface area contributed by atoms with E-state index in [1.165, 1.54) is 38.5 Å². The molecule has 0 bridgehead atoms. The van der Waals surface area contributed by atoms with E-state index in [1.807, 2.05) is 6.92 Å². The van der Waals surface area contributed by atoms with Gasteiger partial charge in [-0.15, -0.1) is 0 Å². The second kappa shape index (κ2) is 12.0. The lowest BCUT2D eigenvalue weighted by molar-refractivity contribution is -0.262. The zero-order valence-electron chi connectivity index (χ0n) is 27.3. The molecular formula is C34H46O10S2. The molecule has 0 amide bonds. The Labute approximate surface area is 273 Å². The van der Waals surface area contributed by atoms with E-state index in [0.717, 1.165) is 32.1 Å². The van der Waals surface area contributed by atoms with Crippen LogP contribution in [0.3, 0.4) is 0 Å². The van der Waals surface area contributed by atoms with E-state index in [-0.39, 0.29) is 39.2 Å². The third kappa shape index (κ3) is 5.56. The lowest BCUT2D eigenvalue weighted by Gasteiger charge is -2.65. The van der Waals surface area contributed by atoms with Gasteiger partial charge in [-0.05, 0) is 98.9 Å². The minimum atomic E-state index is -4.21. The van der Waals surface area contributed by atoms with Crippen molar-refractivity contribution in [2.75, 3.05) is 34.0 Å². The molecule has 4 aliphatic rings. The van der Waals surface area contributed by atoms with Crippen LogP contribution in [0.2, 0.25) is 0 Å². The van der Waals surface area contributed by atoms with Crippen molar-refractivity contribution in [3.05, 3.63) is 48.5 Å². The Balaban J connectivity index is 1.36. The van der Waals surface area contributed by atoms with Gasteiger partial charge in [0.05, 0.1) is 54.5 Å². The molecule has 0 radical (unpaired) electrons. The van der Waals surface area contributed by atoms with Crippen LogP contribution in [0.5, 0.6) is 11.5 Å². The van der Waals surface area contributed by atoms with Gasteiger partial charge in [-0.3, -0.25) is 8.37 Å². The van der Waals surface area contributed by atoms with Crippen molar-refractivity contribution in [1.82, 2.24) is 0 Å². The number of fused-ring (bicyclic) bond motifs is 2. The van der Waals surface area contributed by atoms with Crippen molar-refractivity contribution < 1.29 is 44.1 Å². The van der Waals surface area contributed by atoms with Crippen molar-refractivity contribution in [2.45, 2.75) is 92.8 Å². The summed E-state index contributed by atoms with van der Waals surface area (Å²) < 4.78 is 89.8. The highest BCUT2D eigenvalue weighted by molar-refractivity contribution is 7.87. The molecule has 46 heavy (non-hydrogen) atoms. The predicted molar refractivity (Wildman–Crippen MR) is 170 cm³/mol. The lowest BCUT2D eigenvalue weighted by Crippen LogP contribution is -2.67. The SMILES string of the molecule is COc1ccc(S(=O)(=O)OC[C@@]2(C)C3CC[C@@H](C)[C@@]4(CCC5(CCOC5)O4)[C@@]3(C)CC[C@@H]2OS(=O)(=O)c2ccc(OC)cc2)cc1. The molecule has 0 N–H and O–H groups in total. The van der Waals surface area contributed by atoms with Crippen LogP contribution in [0.1, 0.15) is 65.7 Å². The second-order valence-corrected chi connectivity index (χ2v) is 17.3. The van der Waals surface area contributed by atoms with Crippen molar-refractivity contribution >= 4 is 20.2 Å². The van der Waals surface area contributed by atoms with Crippen LogP contribution in [0.15, 0.2) is 58.3 Å². The van der Waals surface area contributed by atoms with Crippen molar-refractivity contribution in [3.63, 3.8) is 0 Å². The Morgan fingerprint density at radius 1 is 0.783 bits per heavy atom. The molecule has 12 heteroatoms. The average molecular weight is 679 g/mol. The summed E-state index contributed by atoms with van der Waals surface area (Å²) in [5, 5.41) is 0. The molecule has 10 nitrogen and oxygen atoms in total. The van der Waals surface area contributed by atoms with Gasteiger partial charge in [0.15, 0.2) is 0 Å². The van der Waals surface area contributed by atoms with Crippen LogP contribution >= 0.6 is 0 Å². The van der Waals surface area contributed by atoms with Crippen molar-refractivity contribution in [2.24, 2.45) is 22.7 Å². The zero-order valence-corrected chi connectivity index (χ0v) is 29.0. The maximum Gasteiger partial charge on any atom is 0.297 e. The van der Waals surface area contributed by atoms with Gasteiger partial charge in [0.25, 0.3) is 20.2 Å². The molecule has 0 aromatic heterocycles. The van der Waals surface area contributed by atoms with Crippen LogP contribution in [0, 0.1) is 22.7 Å². The maximum absolute atomic E-state index is 13.7. The van der Waals surface area contributed by atoms with Gasteiger partial charge < -0.3 is 18.9 Å². The van der Waals surface area contributed by atoms with Gasteiger partial charge in [0.2, 0.25) is 0 Å². The summed E-state index contributed by atoms with van der Waals surface area (Å²) in [6.07, 6.45) is 4.49. The highest BCUT2D eigenvalue weighted by Gasteiger charge is 2.70. The standard InChI is InChI=1S/C34H46O10S2/c1-24-6-15-29-31(2,22-42-45(35,36)27-11-7-25(39-4)8-12-27)30(43-46(37,38)28-13-9-26(40-5)10-14-28)16-17-32(29,3)34(24)19-18-33(44-34)20-21-41-23-33/h7-14,24,29-30H,6,15-23H2,1-5H3/t24-,29?,30+,31+,32+,33?,34+/m1/s1. The molecule has 2 aliphatic carbocycles. The number of ether oxygens (including phenoxy) is 4.